The Labute approximate surface area is 95.8 Å². The molecule has 0 saturated heterocycles. The molecular weight excluding hydrogens is 292 g/mol. The van der Waals surface area contributed by atoms with E-state index in [4.69, 9.17) is 11.6 Å². The highest BCUT2D eigenvalue weighted by atomic mass is 79.9. The minimum absolute atomic E-state index is 0.0133. The van der Waals surface area contributed by atoms with E-state index < -0.39 is 15.1 Å². The molecule has 1 unspecified atom stereocenters. The molecule has 0 bridgehead atoms. The summed E-state index contributed by atoms with van der Waals surface area (Å²) in [6.07, 6.45) is 2.58. The Morgan fingerprint density at radius 1 is 1.64 bits per heavy atom. The summed E-state index contributed by atoms with van der Waals surface area (Å²) < 4.78 is 23.9. The van der Waals surface area contributed by atoms with Crippen LogP contribution in [-0.2, 0) is 9.84 Å². The highest BCUT2D eigenvalue weighted by molar-refractivity contribution is 9.10. The summed E-state index contributed by atoms with van der Waals surface area (Å²) in [5.74, 6) is 0.0405. The van der Waals surface area contributed by atoms with Crippen molar-refractivity contribution < 1.29 is 8.42 Å². The summed E-state index contributed by atoms with van der Waals surface area (Å²) in [4.78, 5) is 7.40. The highest BCUT2D eigenvalue weighted by Crippen LogP contribution is 2.22. The predicted molar refractivity (Wildman–Crippen MR) is 57.1 cm³/mol. The van der Waals surface area contributed by atoms with Gasteiger partial charge in [0.15, 0.2) is 5.03 Å². The molecule has 1 aromatic rings. The van der Waals surface area contributed by atoms with Crippen LogP contribution in [0.1, 0.15) is 6.92 Å². The number of alkyl halides is 1. The van der Waals surface area contributed by atoms with Crippen LogP contribution in [-0.4, -0.2) is 29.5 Å². The number of rotatable bonds is 3. The Hall–Kier alpha value is -0.200. The number of hydrogen-bond acceptors (Lipinski definition) is 4. The smallest absolute Gasteiger partial charge is 0.200 e. The number of sulfone groups is 1. The topological polar surface area (TPSA) is 59.9 Å². The molecule has 0 radical (unpaired) electrons. The number of aromatic nitrogens is 2. The van der Waals surface area contributed by atoms with Crippen molar-refractivity contribution in [3.8, 4) is 0 Å². The minimum Gasteiger partial charge on any atom is -0.244 e. The van der Waals surface area contributed by atoms with Gasteiger partial charge in [0, 0.05) is 12.1 Å². The van der Waals surface area contributed by atoms with E-state index in [0.29, 0.717) is 4.47 Å². The number of hydrogen-bond donors (Lipinski definition) is 0. The number of halogens is 2. The molecule has 1 aromatic heterocycles. The molecule has 0 amide bonds. The van der Waals surface area contributed by atoms with Gasteiger partial charge >= 0.3 is 0 Å². The molecule has 1 rings (SSSR count). The van der Waals surface area contributed by atoms with Gasteiger partial charge in [-0.2, -0.15) is 0 Å². The monoisotopic (exact) mass is 298 g/mol. The molecular formula is C7H8BrClN2O2S. The lowest BCUT2D eigenvalue weighted by Gasteiger charge is -2.09. The first-order valence-electron chi connectivity index (χ1n) is 3.75. The van der Waals surface area contributed by atoms with E-state index in [1.54, 1.807) is 0 Å². The van der Waals surface area contributed by atoms with Gasteiger partial charge in [-0.1, -0.05) is 0 Å². The fourth-order valence-electron chi connectivity index (χ4n) is 0.784. The van der Waals surface area contributed by atoms with E-state index in [2.05, 4.69) is 25.9 Å². The SMILES string of the molecule is CC(CCl)S(=O)(=O)c1ncncc1Br. The van der Waals surface area contributed by atoms with Gasteiger partial charge in [-0.25, -0.2) is 18.4 Å². The first kappa shape index (κ1) is 11.9. The molecule has 4 nitrogen and oxygen atoms in total. The predicted octanol–water partition coefficient (Wildman–Crippen LogP) is 1.64. The average molecular weight is 300 g/mol. The average Bonchev–Trinajstić information content (AvgIpc) is 2.17. The van der Waals surface area contributed by atoms with Gasteiger partial charge in [0.25, 0.3) is 0 Å². The van der Waals surface area contributed by atoms with Crippen molar-refractivity contribution in [1.82, 2.24) is 9.97 Å². The van der Waals surface area contributed by atoms with Crippen molar-refractivity contribution in [2.75, 3.05) is 5.88 Å². The van der Waals surface area contributed by atoms with Gasteiger partial charge in [-0.3, -0.25) is 0 Å². The van der Waals surface area contributed by atoms with Gasteiger partial charge in [-0.05, 0) is 22.9 Å². The molecule has 0 fully saturated rings. The van der Waals surface area contributed by atoms with Gasteiger partial charge in [0.1, 0.15) is 6.33 Å². The second kappa shape index (κ2) is 4.55. The van der Waals surface area contributed by atoms with Gasteiger partial charge in [-0.15, -0.1) is 11.6 Å². The van der Waals surface area contributed by atoms with Crippen LogP contribution in [0, 0.1) is 0 Å². The molecule has 1 atom stereocenters. The van der Waals surface area contributed by atoms with Crippen LogP contribution < -0.4 is 0 Å². The van der Waals surface area contributed by atoms with Crippen LogP contribution in [0.4, 0.5) is 0 Å². The molecule has 0 spiro atoms. The molecule has 14 heavy (non-hydrogen) atoms. The molecule has 0 aliphatic carbocycles. The minimum atomic E-state index is -3.45. The van der Waals surface area contributed by atoms with Crippen molar-refractivity contribution >= 4 is 37.4 Å². The van der Waals surface area contributed by atoms with E-state index >= 15 is 0 Å². The van der Waals surface area contributed by atoms with Crippen LogP contribution >= 0.6 is 27.5 Å². The van der Waals surface area contributed by atoms with Crippen molar-refractivity contribution in [2.45, 2.75) is 17.2 Å². The Balaban J connectivity index is 3.24. The van der Waals surface area contributed by atoms with Crippen LogP contribution in [0.2, 0.25) is 0 Å². The zero-order valence-electron chi connectivity index (χ0n) is 7.31. The lowest BCUT2D eigenvalue weighted by Crippen LogP contribution is -2.21. The third-order valence-electron chi connectivity index (χ3n) is 1.65. The summed E-state index contributed by atoms with van der Waals surface area (Å²) >= 11 is 8.58. The van der Waals surface area contributed by atoms with Gasteiger partial charge in [0.2, 0.25) is 9.84 Å². The fourth-order valence-corrected chi connectivity index (χ4v) is 3.24. The summed E-state index contributed by atoms with van der Waals surface area (Å²) in [6.45, 7) is 1.54. The van der Waals surface area contributed by atoms with Crippen LogP contribution in [0.15, 0.2) is 22.0 Å². The molecule has 1 heterocycles. The molecule has 0 N–H and O–H groups in total. The maximum Gasteiger partial charge on any atom is 0.200 e. The highest BCUT2D eigenvalue weighted by Gasteiger charge is 2.26. The Bertz CT molecular complexity index is 423. The molecule has 0 aliphatic heterocycles. The van der Waals surface area contributed by atoms with Crippen molar-refractivity contribution in [3.63, 3.8) is 0 Å². The molecule has 0 aromatic carbocycles. The summed E-state index contributed by atoms with van der Waals surface area (Å²) in [5, 5.41) is -0.670. The molecule has 0 saturated carbocycles. The molecule has 78 valence electrons. The summed E-state index contributed by atoms with van der Waals surface area (Å²) in [7, 11) is -3.45. The van der Waals surface area contributed by atoms with Crippen LogP contribution in [0.25, 0.3) is 0 Å². The van der Waals surface area contributed by atoms with E-state index in [0.717, 1.165) is 0 Å². The van der Waals surface area contributed by atoms with Crippen molar-refractivity contribution in [1.29, 1.82) is 0 Å². The Kier molecular flexibility index (Phi) is 3.86. The van der Waals surface area contributed by atoms with Crippen molar-refractivity contribution in [2.24, 2.45) is 0 Å². The van der Waals surface area contributed by atoms with Crippen molar-refractivity contribution in [3.05, 3.63) is 17.0 Å². The number of nitrogens with zero attached hydrogens (tertiary/aromatic N) is 2. The van der Waals surface area contributed by atoms with E-state index in [1.807, 2.05) is 0 Å². The fraction of sp³-hybridized carbons (Fsp3) is 0.429. The molecule has 7 heteroatoms. The zero-order chi connectivity index (χ0) is 10.8. The second-order valence-electron chi connectivity index (χ2n) is 2.69. The Morgan fingerprint density at radius 3 is 2.79 bits per heavy atom. The largest absolute Gasteiger partial charge is 0.244 e. The summed E-state index contributed by atoms with van der Waals surface area (Å²) in [5.41, 5.74) is 0. The quantitative estimate of drug-likeness (QED) is 0.629. The zero-order valence-corrected chi connectivity index (χ0v) is 10.5. The van der Waals surface area contributed by atoms with E-state index in [-0.39, 0.29) is 10.9 Å². The maximum absolute atomic E-state index is 11.8. The van der Waals surface area contributed by atoms with Gasteiger partial charge < -0.3 is 0 Å². The maximum atomic E-state index is 11.8. The van der Waals surface area contributed by atoms with Crippen LogP contribution in [0.5, 0.6) is 0 Å². The molecule has 0 aliphatic rings. The van der Waals surface area contributed by atoms with E-state index in [1.165, 1.54) is 19.4 Å². The van der Waals surface area contributed by atoms with E-state index in [9.17, 15) is 8.42 Å². The lowest BCUT2D eigenvalue weighted by molar-refractivity contribution is 0.583. The standard InChI is InChI=1S/C7H8BrClN2O2S/c1-5(2-9)14(12,13)7-6(8)3-10-4-11-7/h3-5H,2H2,1H3. The van der Waals surface area contributed by atoms with Gasteiger partial charge in [0.05, 0.1) is 9.72 Å². The third-order valence-corrected chi connectivity index (χ3v) is 5.23. The normalized spacial score (nSPS) is 13.9. The first-order chi connectivity index (χ1) is 6.50. The lowest BCUT2D eigenvalue weighted by atomic mass is 10.6. The first-order valence-corrected chi connectivity index (χ1v) is 6.63. The summed E-state index contributed by atoms with van der Waals surface area (Å²) in [6, 6.07) is 0. The third kappa shape index (κ3) is 2.24. The Morgan fingerprint density at radius 2 is 2.29 bits per heavy atom. The van der Waals surface area contributed by atoms with Crippen LogP contribution in [0.3, 0.4) is 0 Å². The second-order valence-corrected chi connectivity index (χ2v) is 6.13.